The Bertz CT molecular complexity index is 2210. The van der Waals surface area contributed by atoms with E-state index in [1.807, 2.05) is 0 Å². The third-order valence-corrected chi connectivity index (χ3v) is 13.6. The molecule has 10 atom stereocenters. The van der Waals surface area contributed by atoms with Crippen molar-refractivity contribution in [3.8, 4) is 5.75 Å². The molecule has 2 heterocycles. The van der Waals surface area contributed by atoms with Gasteiger partial charge in [-0.25, -0.2) is 8.42 Å². The van der Waals surface area contributed by atoms with E-state index in [-0.39, 0.29) is 30.9 Å². The quantitative estimate of drug-likeness (QED) is 0.0693. The largest absolute Gasteiger partial charge is 0.508 e. The summed E-state index contributed by atoms with van der Waals surface area (Å²) < 4.78 is 27.3. The second kappa shape index (κ2) is 27.2. The molecule has 0 bridgehead atoms. The number of nitrogens with two attached hydrogens (primary N) is 3. The first-order chi connectivity index (χ1) is 33.2. The summed E-state index contributed by atoms with van der Waals surface area (Å²) in [5.74, 6) is -12.4. The van der Waals surface area contributed by atoms with Gasteiger partial charge in [0.25, 0.3) is 0 Å². The molecule has 2 aliphatic heterocycles. The van der Waals surface area contributed by atoms with Crippen LogP contribution in [0.15, 0.2) is 24.3 Å². The van der Waals surface area contributed by atoms with Gasteiger partial charge in [0.15, 0.2) is 9.84 Å². The molecule has 2 aliphatic rings. The normalized spacial score (nSPS) is 25.8. The number of hydrogen-bond acceptors (Lipinski definition) is 16. The molecule has 1 aromatic rings. The lowest BCUT2D eigenvalue weighted by molar-refractivity contribution is -0.143. The van der Waals surface area contributed by atoms with Crippen molar-refractivity contribution < 1.29 is 71.7 Å². The maximum Gasteiger partial charge on any atom is 0.245 e. The lowest BCUT2D eigenvalue weighted by atomic mass is 9.96. The standard InChI is InChI=1S/C44H69N11O15S/c1-5-23(4)37-43(67)50-27(10-11-33(45)58)39(63)52-31(19-34(46)59)40(64)51-28(12-14-71(69,70)15-13-36(61)49-30(41(65)54-37)17-24-6-8-25(56)9-7-24)44(68)55-21-26(57)18-32(55)42(66)53-29(16-22(2)3)38(62)48-20-35(47)60/h6-9,22-23,26-32,36-37,49,56-57,61H,5,10-21H2,1-4H3,(H2,45,58)(H2,46,59)(H2,47,60)(H,48,62)(H,50,67)(H,51,64)(H,52,63)(H,53,66)(H,54,65)/t23-,26+,27-,28-,29-,30+,31-,32-,36?,37-/m0/s1. The topological polar surface area (TPSA) is 431 Å². The maximum atomic E-state index is 14.5. The van der Waals surface area contributed by atoms with E-state index in [1.54, 1.807) is 27.7 Å². The predicted molar refractivity (Wildman–Crippen MR) is 252 cm³/mol. The van der Waals surface area contributed by atoms with Gasteiger partial charge in [0.1, 0.15) is 48.2 Å². The van der Waals surface area contributed by atoms with Crippen molar-refractivity contribution in [3.05, 3.63) is 29.8 Å². The van der Waals surface area contributed by atoms with E-state index in [9.17, 15) is 71.7 Å². The number of carbonyl (C=O) groups is 10. The van der Waals surface area contributed by atoms with Crippen LogP contribution in [0.2, 0.25) is 0 Å². The Balaban J connectivity index is 2.11. The minimum absolute atomic E-state index is 0.0606. The Hall–Kier alpha value is -6.45. The molecule has 396 valence electrons. The average molecular weight is 1020 g/mol. The number of β-amino-alcohol motifs (C(OH)–C–C–N with tert-alkyl or cyclic N) is 1. The molecule has 3 rings (SSSR count). The number of nitrogens with one attached hydrogen (secondary N) is 7. The van der Waals surface area contributed by atoms with Crippen molar-refractivity contribution in [2.75, 3.05) is 24.6 Å². The molecule has 0 aromatic heterocycles. The molecule has 2 saturated heterocycles. The summed E-state index contributed by atoms with van der Waals surface area (Å²) in [6, 6.07) is -5.23. The highest BCUT2D eigenvalue weighted by atomic mass is 32.2. The van der Waals surface area contributed by atoms with Crippen LogP contribution in [0.4, 0.5) is 0 Å². The summed E-state index contributed by atoms with van der Waals surface area (Å²) in [6.45, 7) is 5.75. The zero-order chi connectivity index (χ0) is 53.3. The van der Waals surface area contributed by atoms with Crippen LogP contribution >= 0.6 is 0 Å². The van der Waals surface area contributed by atoms with Crippen LogP contribution in [0.1, 0.15) is 84.6 Å². The molecular formula is C44H69N11O15S. The zero-order valence-electron chi connectivity index (χ0n) is 40.2. The molecule has 26 nitrogen and oxygen atoms in total. The van der Waals surface area contributed by atoms with Crippen LogP contribution in [-0.4, -0.2) is 167 Å². The Labute approximate surface area is 411 Å². The van der Waals surface area contributed by atoms with Crippen molar-refractivity contribution >= 4 is 68.9 Å². The third-order valence-electron chi connectivity index (χ3n) is 11.9. The SMILES string of the molecule is CC[C@H](C)[C@@H]1NC(=O)[C@@H](Cc2ccc(O)cc2)NC(O)CCS(=O)(=O)CC[C@@H](C(=O)N2C[C@H](O)C[C@H]2C(=O)N[C@@H](CC(C)C)C(=O)NCC(N)=O)NC(=O)[C@H](CC(N)=O)NC(=O)[C@H](CCC(N)=O)NC1=O. The predicted octanol–water partition coefficient (Wildman–Crippen LogP) is -5.36. The molecule has 0 aliphatic carbocycles. The molecular weight excluding hydrogens is 955 g/mol. The van der Waals surface area contributed by atoms with Crippen LogP contribution in [-0.2, 0) is 64.2 Å². The Morgan fingerprint density at radius 3 is 2.00 bits per heavy atom. The lowest BCUT2D eigenvalue weighted by Crippen LogP contribution is -2.61. The fourth-order valence-corrected chi connectivity index (χ4v) is 9.24. The first kappa shape index (κ1) is 58.9. The third kappa shape index (κ3) is 19.3. The van der Waals surface area contributed by atoms with Gasteiger partial charge in [-0.05, 0) is 55.2 Å². The van der Waals surface area contributed by atoms with Gasteiger partial charge in [0.2, 0.25) is 59.1 Å². The molecule has 27 heteroatoms. The molecule has 0 spiro atoms. The Morgan fingerprint density at radius 1 is 0.803 bits per heavy atom. The number of phenolic OH excluding ortho intramolecular Hbond substituents is 1. The highest BCUT2D eigenvalue weighted by molar-refractivity contribution is 7.91. The van der Waals surface area contributed by atoms with E-state index in [1.165, 1.54) is 24.3 Å². The number of amides is 10. The number of likely N-dealkylation sites (tertiary alicyclic amines) is 1. The molecule has 0 saturated carbocycles. The van der Waals surface area contributed by atoms with E-state index < -0.39 is 186 Å². The van der Waals surface area contributed by atoms with Crippen LogP contribution in [0.5, 0.6) is 5.75 Å². The van der Waals surface area contributed by atoms with Gasteiger partial charge in [-0.3, -0.25) is 53.3 Å². The number of nitrogens with zero attached hydrogens (tertiary/aromatic N) is 1. The van der Waals surface area contributed by atoms with Gasteiger partial charge < -0.3 is 69.3 Å². The van der Waals surface area contributed by atoms with Crippen molar-refractivity contribution in [2.45, 2.75) is 140 Å². The summed E-state index contributed by atoms with van der Waals surface area (Å²) in [6.07, 6.45) is -6.30. The second-order valence-corrected chi connectivity index (χ2v) is 20.6. The first-order valence-corrected chi connectivity index (χ1v) is 25.1. The smallest absolute Gasteiger partial charge is 0.245 e. The molecule has 1 unspecified atom stereocenters. The lowest BCUT2D eigenvalue weighted by Gasteiger charge is -2.31. The summed E-state index contributed by atoms with van der Waals surface area (Å²) in [4.78, 5) is 134. The van der Waals surface area contributed by atoms with Gasteiger partial charge in [0, 0.05) is 25.8 Å². The number of benzene rings is 1. The molecule has 16 N–H and O–H groups in total. The summed E-state index contributed by atoms with van der Waals surface area (Å²) >= 11 is 0. The average Bonchev–Trinajstić information content (AvgIpc) is 3.69. The number of hydrogen-bond donors (Lipinski definition) is 13. The number of primary amides is 3. The molecule has 71 heavy (non-hydrogen) atoms. The highest BCUT2D eigenvalue weighted by Gasteiger charge is 2.44. The van der Waals surface area contributed by atoms with Crippen molar-refractivity contribution in [1.82, 2.24) is 42.1 Å². The number of carbonyl (C=O) groups excluding carboxylic acids is 10. The fraction of sp³-hybridized carbons (Fsp3) is 0.636. The van der Waals surface area contributed by atoms with E-state index in [2.05, 4.69) is 37.2 Å². The van der Waals surface area contributed by atoms with E-state index >= 15 is 0 Å². The molecule has 2 fully saturated rings. The number of aliphatic hydroxyl groups is 2. The van der Waals surface area contributed by atoms with Crippen LogP contribution in [0.3, 0.4) is 0 Å². The van der Waals surface area contributed by atoms with Gasteiger partial charge >= 0.3 is 0 Å². The van der Waals surface area contributed by atoms with E-state index in [0.717, 1.165) is 4.90 Å². The van der Waals surface area contributed by atoms with Gasteiger partial charge in [-0.2, -0.15) is 0 Å². The molecule has 1 aromatic carbocycles. The van der Waals surface area contributed by atoms with Gasteiger partial charge in [-0.15, -0.1) is 0 Å². The van der Waals surface area contributed by atoms with Gasteiger partial charge in [0.05, 0.1) is 36.6 Å². The number of aromatic hydroxyl groups is 1. The fourth-order valence-electron chi connectivity index (χ4n) is 7.86. The monoisotopic (exact) mass is 1020 g/mol. The van der Waals surface area contributed by atoms with Crippen molar-refractivity contribution in [3.63, 3.8) is 0 Å². The van der Waals surface area contributed by atoms with E-state index in [0.29, 0.717) is 12.0 Å². The van der Waals surface area contributed by atoms with Gasteiger partial charge in [-0.1, -0.05) is 46.2 Å². The molecule has 10 amide bonds. The van der Waals surface area contributed by atoms with E-state index in [4.69, 9.17) is 17.2 Å². The minimum atomic E-state index is -4.28. The first-order valence-electron chi connectivity index (χ1n) is 23.2. The summed E-state index contributed by atoms with van der Waals surface area (Å²) in [5, 5.41) is 49.0. The van der Waals surface area contributed by atoms with Crippen molar-refractivity contribution in [2.24, 2.45) is 29.0 Å². The summed E-state index contributed by atoms with van der Waals surface area (Å²) in [5.41, 5.74) is 16.5. The number of sulfone groups is 1. The maximum absolute atomic E-state index is 14.5. The van der Waals surface area contributed by atoms with Crippen LogP contribution in [0, 0.1) is 11.8 Å². The molecule has 0 radical (unpaired) electrons. The highest BCUT2D eigenvalue weighted by Crippen LogP contribution is 2.22. The number of aliphatic hydroxyl groups excluding tert-OH is 2. The Morgan fingerprint density at radius 2 is 1.41 bits per heavy atom. The minimum Gasteiger partial charge on any atom is -0.508 e. The van der Waals surface area contributed by atoms with Crippen LogP contribution in [0.25, 0.3) is 0 Å². The second-order valence-electron chi connectivity index (χ2n) is 18.3. The number of rotatable bonds is 17. The number of phenols is 1. The summed E-state index contributed by atoms with van der Waals surface area (Å²) in [7, 11) is -4.28. The zero-order valence-corrected chi connectivity index (χ0v) is 41.0. The Kier molecular flexibility index (Phi) is 22.6. The van der Waals surface area contributed by atoms with Crippen molar-refractivity contribution in [1.29, 1.82) is 0 Å². The van der Waals surface area contributed by atoms with Crippen LogP contribution < -0.4 is 54.4 Å².